The molecule has 2 amide bonds. The molecular formula is C12H10ClN3O2. The maximum atomic E-state index is 12.3. The predicted octanol–water partition coefficient (Wildman–Crippen LogP) is 2.05. The number of hydrogen-bond acceptors (Lipinski definition) is 4. The first-order chi connectivity index (χ1) is 8.54. The summed E-state index contributed by atoms with van der Waals surface area (Å²) in [7, 11) is 0. The number of nitrogens with zero attached hydrogens (tertiary/aromatic N) is 3. The van der Waals surface area contributed by atoms with Gasteiger partial charge in [-0.05, 0) is 25.1 Å². The predicted molar refractivity (Wildman–Crippen MR) is 65.6 cm³/mol. The van der Waals surface area contributed by atoms with Gasteiger partial charge in [0.25, 0.3) is 5.91 Å². The van der Waals surface area contributed by atoms with Crippen LogP contribution >= 0.6 is 11.6 Å². The molecule has 0 bridgehead atoms. The third-order valence-corrected chi connectivity index (χ3v) is 3.68. The minimum atomic E-state index is -1.04. The van der Waals surface area contributed by atoms with Gasteiger partial charge >= 0.3 is 0 Å². The van der Waals surface area contributed by atoms with Crippen LogP contribution < -0.4 is 4.90 Å². The highest BCUT2D eigenvalue weighted by atomic mass is 35.5. The molecule has 0 saturated carbocycles. The molecule has 0 unspecified atom stereocenters. The second-order valence-electron chi connectivity index (χ2n) is 4.58. The lowest BCUT2D eigenvalue weighted by molar-refractivity contribution is -0.122. The standard InChI is InChI=1S/C12H10ClN3O2/c1-12-9(6-14-15-12)10(17)16(11(12)18)8-4-2-3-7(13)5-8/h2-5,9H,6H2,1H3/t9-,12-/m0/s1. The van der Waals surface area contributed by atoms with Gasteiger partial charge in [0.15, 0.2) is 5.54 Å². The number of rotatable bonds is 1. The van der Waals surface area contributed by atoms with E-state index in [1.807, 2.05) is 0 Å². The first-order valence-electron chi connectivity index (χ1n) is 5.56. The number of halogens is 1. The van der Waals surface area contributed by atoms with E-state index in [0.717, 1.165) is 4.90 Å². The summed E-state index contributed by atoms with van der Waals surface area (Å²) in [5.41, 5.74) is -0.553. The van der Waals surface area contributed by atoms with E-state index in [1.165, 1.54) is 0 Å². The number of amides is 2. The van der Waals surface area contributed by atoms with Crippen molar-refractivity contribution in [2.75, 3.05) is 11.4 Å². The molecule has 2 heterocycles. The molecule has 0 spiro atoms. The summed E-state index contributed by atoms with van der Waals surface area (Å²) >= 11 is 5.88. The second-order valence-corrected chi connectivity index (χ2v) is 5.02. The minimum Gasteiger partial charge on any atom is -0.274 e. The van der Waals surface area contributed by atoms with E-state index in [-0.39, 0.29) is 18.4 Å². The highest BCUT2D eigenvalue weighted by molar-refractivity contribution is 6.31. The number of carbonyl (C=O) groups is 2. The van der Waals surface area contributed by atoms with Crippen LogP contribution in [0.1, 0.15) is 6.92 Å². The number of hydrogen-bond donors (Lipinski definition) is 0. The lowest BCUT2D eigenvalue weighted by Crippen LogP contribution is -2.37. The molecular weight excluding hydrogens is 254 g/mol. The topological polar surface area (TPSA) is 62.1 Å². The van der Waals surface area contributed by atoms with E-state index in [9.17, 15) is 9.59 Å². The van der Waals surface area contributed by atoms with Crippen LogP contribution in [0.5, 0.6) is 0 Å². The zero-order chi connectivity index (χ0) is 12.9. The number of benzene rings is 1. The smallest absolute Gasteiger partial charge is 0.264 e. The molecule has 2 aliphatic rings. The third kappa shape index (κ3) is 1.34. The van der Waals surface area contributed by atoms with Crippen LogP contribution in [-0.4, -0.2) is 23.9 Å². The Morgan fingerprint density at radius 1 is 1.44 bits per heavy atom. The molecule has 1 saturated heterocycles. The van der Waals surface area contributed by atoms with Crippen LogP contribution in [0.3, 0.4) is 0 Å². The van der Waals surface area contributed by atoms with Crippen LogP contribution in [0.15, 0.2) is 34.5 Å². The first-order valence-corrected chi connectivity index (χ1v) is 5.94. The van der Waals surface area contributed by atoms with Gasteiger partial charge < -0.3 is 0 Å². The highest BCUT2D eigenvalue weighted by Gasteiger charge is 2.59. The van der Waals surface area contributed by atoms with E-state index in [4.69, 9.17) is 11.6 Å². The van der Waals surface area contributed by atoms with E-state index >= 15 is 0 Å². The average Bonchev–Trinajstić information content (AvgIpc) is 2.79. The Morgan fingerprint density at radius 2 is 2.22 bits per heavy atom. The summed E-state index contributed by atoms with van der Waals surface area (Å²) in [5, 5.41) is 8.24. The molecule has 0 aromatic heterocycles. The van der Waals surface area contributed by atoms with E-state index in [0.29, 0.717) is 10.7 Å². The Balaban J connectivity index is 2.07. The quantitative estimate of drug-likeness (QED) is 0.728. The van der Waals surface area contributed by atoms with Gasteiger partial charge in [-0.3, -0.25) is 9.59 Å². The minimum absolute atomic E-state index is 0.255. The highest BCUT2D eigenvalue weighted by Crippen LogP contribution is 2.40. The van der Waals surface area contributed by atoms with E-state index in [2.05, 4.69) is 10.2 Å². The van der Waals surface area contributed by atoms with Gasteiger partial charge in [-0.15, -0.1) is 0 Å². The van der Waals surface area contributed by atoms with Gasteiger partial charge in [-0.2, -0.15) is 10.2 Å². The van der Waals surface area contributed by atoms with Crippen LogP contribution in [0, 0.1) is 5.92 Å². The van der Waals surface area contributed by atoms with Gasteiger partial charge in [0.1, 0.15) is 0 Å². The zero-order valence-corrected chi connectivity index (χ0v) is 10.4. The van der Waals surface area contributed by atoms with E-state index < -0.39 is 11.5 Å². The van der Waals surface area contributed by atoms with Crippen molar-refractivity contribution >= 4 is 29.1 Å². The van der Waals surface area contributed by atoms with Gasteiger partial charge in [0.05, 0.1) is 18.2 Å². The fraction of sp³-hybridized carbons (Fsp3) is 0.333. The molecule has 1 aromatic rings. The van der Waals surface area contributed by atoms with Crippen molar-refractivity contribution in [1.82, 2.24) is 0 Å². The van der Waals surface area contributed by atoms with Gasteiger partial charge in [0.2, 0.25) is 5.91 Å². The van der Waals surface area contributed by atoms with Crippen molar-refractivity contribution in [1.29, 1.82) is 0 Å². The van der Waals surface area contributed by atoms with Crippen LogP contribution in [0.25, 0.3) is 0 Å². The Labute approximate surface area is 108 Å². The van der Waals surface area contributed by atoms with Crippen LogP contribution in [0.2, 0.25) is 5.02 Å². The molecule has 0 radical (unpaired) electrons. The summed E-state index contributed by atoms with van der Waals surface area (Å²) in [6, 6.07) is 6.68. The molecule has 2 aliphatic heterocycles. The molecule has 1 fully saturated rings. The van der Waals surface area contributed by atoms with E-state index in [1.54, 1.807) is 31.2 Å². The molecule has 1 aromatic carbocycles. The Morgan fingerprint density at radius 3 is 2.89 bits per heavy atom. The Bertz CT molecular complexity index is 586. The largest absolute Gasteiger partial charge is 0.274 e. The third-order valence-electron chi connectivity index (χ3n) is 3.44. The summed E-state index contributed by atoms with van der Waals surface area (Å²) in [4.78, 5) is 25.8. The van der Waals surface area contributed by atoms with Crippen LogP contribution in [-0.2, 0) is 9.59 Å². The SMILES string of the molecule is C[C@]12N=NC[C@H]1C(=O)N(c1cccc(Cl)c1)C2=O. The normalized spacial score (nSPS) is 30.1. The van der Waals surface area contributed by atoms with Crippen molar-refractivity contribution in [3.63, 3.8) is 0 Å². The first kappa shape index (κ1) is 11.3. The molecule has 0 N–H and O–H groups in total. The molecule has 2 atom stereocenters. The van der Waals surface area contributed by atoms with Gasteiger partial charge in [-0.25, -0.2) is 4.90 Å². The number of azo groups is 1. The molecule has 18 heavy (non-hydrogen) atoms. The Hall–Kier alpha value is -1.75. The van der Waals surface area contributed by atoms with Gasteiger partial charge in [0, 0.05) is 5.02 Å². The maximum Gasteiger partial charge on any atom is 0.264 e. The molecule has 3 rings (SSSR count). The van der Waals surface area contributed by atoms with Crippen molar-refractivity contribution in [2.24, 2.45) is 16.1 Å². The summed E-state index contributed by atoms with van der Waals surface area (Å²) in [6.45, 7) is 1.93. The number of fused-ring (bicyclic) bond motifs is 1. The molecule has 92 valence electrons. The maximum absolute atomic E-state index is 12.3. The summed E-state index contributed by atoms with van der Waals surface area (Å²) in [6.07, 6.45) is 0. The fourth-order valence-corrected chi connectivity index (χ4v) is 2.55. The van der Waals surface area contributed by atoms with Crippen molar-refractivity contribution in [2.45, 2.75) is 12.5 Å². The van der Waals surface area contributed by atoms with Crippen molar-refractivity contribution in [3.05, 3.63) is 29.3 Å². The molecule has 5 nitrogen and oxygen atoms in total. The number of imide groups is 1. The van der Waals surface area contributed by atoms with Crippen molar-refractivity contribution < 1.29 is 9.59 Å². The molecule has 0 aliphatic carbocycles. The second kappa shape index (κ2) is 3.62. The number of anilines is 1. The van der Waals surface area contributed by atoms with Crippen LogP contribution in [0.4, 0.5) is 5.69 Å². The lowest BCUT2D eigenvalue weighted by Gasteiger charge is -2.16. The lowest BCUT2D eigenvalue weighted by atomic mass is 9.90. The Kier molecular flexibility index (Phi) is 2.28. The average molecular weight is 264 g/mol. The number of carbonyl (C=O) groups excluding carboxylic acids is 2. The van der Waals surface area contributed by atoms with Crippen molar-refractivity contribution in [3.8, 4) is 0 Å². The zero-order valence-electron chi connectivity index (χ0n) is 9.63. The van der Waals surface area contributed by atoms with Gasteiger partial charge in [-0.1, -0.05) is 17.7 Å². The summed E-state index contributed by atoms with van der Waals surface area (Å²) < 4.78 is 0. The fourth-order valence-electron chi connectivity index (χ4n) is 2.37. The summed E-state index contributed by atoms with van der Waals surface area (Å²) in [5.74, 6) is -1.07. The monoisotopic (exact) mass is 263 g/mol. The molecule has 6 heteroatoms.